The van der Waals surface area contributed by atoms with Crippen molar-refractivity contribution in [1.82, 2.24) is 0 Å². The molecule has 1 aromatic rings. The van der Waals surface area contributed by atoms with Crippen LogP contribution in [0.15, 0.2) is 29.4 Å². The smallest absolute Gasteiger partial charge is 0.234 e. The number of oxime groups is 1. The quantitative estimate of drug-likeness (QED) is 0.665. The molecule has 5 nitrogen and oxygen atoms in total. The maximum absolute atomic E-state index is 6.39. The van der Waals surface area contributed by atoms with E-state index in [4.69, 9.17) is 18.7 Å². The lowest BCUT2D eigenvalue weighted by Gasteiger charge is -2.38. The van der Waals surface area contributed by atoms with Crippen LogP contribution < -0.4 is 4.74 Å². The number of nitrogens with zero attached hydrogens (tertiary/aromatic N) is 1. The van der Waals surface area contributed by atoms with E-state index >= 15 is 0 Å². The molecule has 0 radical (unpaired) electrons. The van der Waals surface area contributed by atoms with Crippen LogP contribution in [0.25, 0.3) is 0 Å². The van der Waals surface area contributed by atoms with Crippen molar-refractivity contribution in [1.29, 1.82) is 0 Å². The summed E-state index contributed by atoms with van der Waals surface area (Å²) in [5, 5.41) is 4.47. The summed E-state index contributed by atoms with van der Waals surface area (Å²) in [5.74, 6) is 0.200. The minimum atomic E-state index is -1.70. The molecular formula is C19H31NO4Si. The molecule has 1 aliphatic heterocycles. The predicted octanol–water partition coefficient (Wildman–Crippen LogP) is 4.55. The van der Waals surface area contributed by atoms with Gasteiger partial charge in [-0.2, -0.15) is 0 Å². The fraction of sp³-hybridized carbons (Fsp3) is 0.632. The van der Waals surface area contributed by atoms with E-state index in [0.29, 0.717) is 6.42 Å². The molecule has 0 saturated heterocycles. The summed E-state index contributed by atoms with van der Waals surface area (Å²) in [4.78, 5) is 5.70. The van der Waals surface area contributed by atoms with Crippen molar-refractivity contribution in [3.63, 3.8) is 0 Å². The number of hydrogen-bond acceptors (Lipinski definition) is 5. The highest BCUT2D eigenvalue weighted by Crippen LogP contribution is 2.37. The van der Waals surface area contributed by atoms with Crippen LogP contribution in [0, 0.1) is 0 Å². The van der Waals surface area contributed by atoms with Gasteiger partial charge in [0.2, 0.25) is 5.79 Å². The third-order valence-electron chi connectivity index (χ3n) is 4.42. The van der Waals surface area contributed by atoms with Crippen molar-refractivity contribution in [3.05, 3.63) is 29.8 Å². The fourth-order valence-electron chi connectivity index (χ4n) is 3.03. The second kappa shape index (κ2) is 7.89. The Morgan fingerprint density at radius 2 is 1.88 bits per heavy atom. The Bertz CT molecular complexity index is 596. The normalized spacial score (nSPS) is 25.1. The maximum Gasteiger partial charge on any atom is 0.234 e. The summed E-state index contributed by atoms with van der Waals surface area (Å²) in [7, 11) is 1.63. The van der Waals surface area contributed by atoms with Gasteiger partial charge < -0.3 is 18.7 Å². The van der Waals surface area contributed by atoms with Gasteiger partial charge in [0.15, 0.2) is 8.32 Å². The summed E-state index contributed by atoms with van der Waals surface area (Å²) in [6, 6.07) is 8.13. The number of benzene rings is 1. The predicted molar refractivity (Wildman–Crippen MR) is 103 cm³/mol. The Kier molecular flexibility index (Phi) is 6.29. The van der Waals surface area contributed by atoms with Crippen LogP contribution in [0.5, 0.6) is 5.75 Å². The second-order valence-corrected chi connectivity index (χ2v) is 12.1. The molecule has 1 aliphatic rings. The summed E-state index contributed by atoms with van der Waals surface area (Å²) < 4.78 is 17.2. The summed E-state index contributed by atoms with van der Waals surface area (Å²) in [6.45, 7) is 10.6. The number of ether oxygens (including phenoxy) is 2. The molecule has 3 atom stereocenters. The lowest BCUT2D eigenvalue weighted by atomic mass is 9.84. The third-order valence-corrected chi connectivity index (χ3v) is 5.41. The van der Waals surface area contributed by atoms with E-state index in [9.17, 15) is 0 Å². The minimum absolute atomic E-state index is 0.0415. The Hall–Kier alpha value is -1.37. The molecule has 1 unspecified atom stereocenters. The Morgan fingerprint density at radius 1 is 1.24 bits per heavy atom. The van der Waals surface area contributed by atoms with Gasteiger partial charge in [-0.15, -0.1) is 0 Å². The van der Waals surface area contributed by atoms with Crippen molar-refractivity contribution in [2.75, 3.05) is 14.2 Å². The van der Waals surface area contributed by atoms with Gasteiger partial charge in [-0.3, -0.25) is 0 Å². The van der Waals surface area contributed by atoms with E-state index in [-0.39, 0.29) is 12.0 Å². The number of rotatable bonds is 7. The zero-order valence-corrected chi connectivity index (χ0v) is 17.5. The molecule has 140 valence electrons. The maximum atomic E-state index is 6.39. The van der Waals surface area contributed by atoms with E-state index in [1.807, 2.05) is 19.1 Å². The molecule has 0 fully saturated rings. The molecule has 6 heteroatoms. The van der Waals surface area contributed by atoms with Crippen LogP contribution in [0.3, 0.4) is 0 Å². The van der Waals surface area contributed by atoms with Crippen molar-refractivity contribution in [2.24, 2.45) is 5.16 Å². The van der Waals surface area contributed by atoms with Crippen molar-refractivity contribution in [3.8, 4) is 5.75 Å². The molecule has 1 heterocycles. The summed E-state index contributed by atoms with van der Waals surface area (Å²) in [5.41, 5.74) is 2.12. The fourth-order valence-corrected chi connectivity index (χ4v) is 4.17. The molecule has 0 saturated carbocycles. The van der Waals surface area contributed by atoms with Gasteiger partial charge in [-0.1, -0.05) is 24.2 Å². The highest BCUT2D eigenvalue weighted by atomic mass is 28.4. The zero-order chi connectivity index (χ0) is 18.7. The Morgan fingerprint density at radius 3 is 2.36 bits per heavy atom. The van der Waals surface area contributed by atoms with E-state index in [1.165, 1.54) is 5.56 Å². The molecular weight excluding hydrogens is 334 g/mol. The largest absolute Gasteiger partial charge is 0.497 e. The van der Waals surface area contributed by atoms with Gasteiger partial charge >= 0.3 is 0 Å². The first-order chi connectivity index (χ1) is 11.7. The Balaban J connectivity index is 2.38. The van der Waals surface area contributed by atoms with Crippen LogP contribution >= 0.6 is 0 Å². The van der Waals surface area contributed by atoms with Crippen molar-refractivity contribution >= 4 is 14.0 Å². The van der Waals surface area contributed by atoms with Crippen LogP contribution in [-0.4, -0.2) is 40.1 Å². The monoisotopic (exact) mass is 365 g/mol. The van der Waals surface area contributed by atoms with Gasteiger partial charge in [0, 0.05) is 26.4 Å². The molecule has 0 bridgehead atoms. The molecule has 0 aliphatic carbocycles. The second-order valence-electron chi connectivity index (χ2n) is 7.60. The van der Waals surface area contributed by atoms with Crippen LogP contribution in [-0.2, 0) is 14.0 Å². The van der Waals surface area contributed by atoms with Crippen LogP contribution in [0.4, 0.5) is 0 Å². The highest BCUT2D eigenvalue weighted by molar-refractivity contribution is 6.69. The van der Waals surface area contributed by atoms with Gasteiger partial charge in [-0.05, 0) is 43.8 Å². The lowest BCUT2D eigenvalue weighted by Crippen LogP contribution is -2.44. The van der Waals surface area contributed by atoms with Gasteiger partial charge in [0.1, 0.15) is 5.75 Å². The standard InChI is InChI=1S/C19H31NO4Si/c1-8-17(23-25(5,6)7)18-16(13-19(2,22-4)24-20-18)14-9-11-15(21-3)12-10-14/h9-12,16-17H,8,13H2,1-7H3/t16-,17?,19-/m0/s1. The van der Waals surface area contributed by atoms with E-state index in [0.717, 1.165) is 17.9 Å². The molecule has 25 heavy (non-hydrogen) atoms. The first kappa shape index (κ1) is 19.9. The molecule has 0 N–H and O–H groups in total. The highest BCUT2D eigenvalue weighted by Gasteiger charge is 2.41. The van der Waals surface area contributed by atoms with E-state index in [1.54, 1.807) is 14.2 Å². The van der Waals surface area contributed by atoms with Gasteiger partial charge in [0.05, 0.1) is 18.9 Å². The SMILES string of the molecule is CCC(O[Si](C)(C)C)C1=NO[C@](C)(OC)C[C@H]1c1ccc(OC)cc1. The average Bonchev–Trinajstić information content (AvgIpc) is 2.59. The lowest BCUT2D eigenvalue weighted by molar-refractivity contribution is -0.222. The van der Waals surface area contributed by atoms with E-state index in [2.05, 4.69) is 43.9 Å². The zero-order valence-electron chi connectivity index (χ0n) is 16.5. The topological polar surface area (TPSA) is 49.3 Å². The van der Waals surface area contributed by atoms with Crippen molar-refractivity contribution < 1.29 is 18.7 Å². The number of methoxy groups -OCH3 is 2. The minimum Gasteiger partial charge on any atom is -0.497 e. The third kappa shape index (κ3) is 5.06. The first-order valence-corrected chi connectivity index (χ1v) is 12.2. The van der Waals surface area contributed by atoms with Crippen molar-refractivity contribution in [2.45, 2.75) is 64.1 Å². The van der Waals surface area contributed by atoms with Crippen LogP contribution in [0.2, 0.25) is 19.6 Å². The summed E-state index contributed by atoms with van der Waals surface area (Å²) in [6.07, 6.45) is 1.52. The molecule has 0 spiro atoms. The molecule has 1 aromatic carbocycles. The van der Waals surface area contributed by atoms with Gasteiger partial charge in [0.25, 0.3) is 0 Å². The molecule has 0 aromatic heterocycles. The van der Waals surface area contributed by atoms with Gasteiger partial charge in [-0.25, -0.2) is 0 Å². The number of hydrogen-bond donors (Lipinski definition) is 0. The average molecular weight is 366 g/mol. The van der Waals surface area contributed by atoms with E-state index < -0.39 is 14.1 Å². The molecule has 0 amide bonds. The summed E-state index contributed by atoms with van der Waals surface area (Å²) >= 11 is 0. The molecule has 2 rings (SSSR count). The van der Waals surface area contributed by atoms with Crippen LogP contribution in [0.1, 0.15) is 38.2 Å². The first-order valence-electron chi connectivity index (χ1n) is 8.84. The Labute approximate surface area is 152 Å².